The molecule has 0 radical (unpaired) electrons. The van der Waals surface area contributed by atoms with Gasteiger partial charge in [-0.15, -0.1) is 0 Å². The van der Waals surface area contributed by atoms with Gasteiger partial charge in [-0.2, -0.15) is 11.3 Å². The molecule has 126 valence electrons. The maximum absolute atomic E-state index is 4.48. The molecule has 0 bridgehead atoms. The van der Waals surface area contributed by atoms with E-state index in [1.807, 2.05) is 26.5 Å². The second-order valence-electron chi connectivity index (χ2n) is 5.82. The Morgan fingerprint density at radius 2 is 2.00 bits per heavy atom. The molecule has 4 nitrogen and oxygen atoms in total. The lowest BCUT2D eigenvalue weighted by molar-refractivity contribution is 0.703. The van der Waals surface area contributed by atoms with Crippen LogP contribution in [0.25, 0.3) is 22.2 Å². The molecule has 3 aromatic heterocycles. The molecule has 0 amide bonds. The van der Waals surface area contributed by atoms with Gasteiger partial charge in [-0.1, -0.05) is 12.1 Å². The Balaban J connectivity index is 1.79. The molecule has 6 heteroatoms. The van der Waals surface area contributed by atoms with Crippen molar-refractivity contribution < 1.29 is 0 Å². The van der Waals surface area contributed by atoms with Gasteiger partial charge in [0.15, 0.2) is 0 Å². The molecule has 4 aromatic rings. The quantitative estimate of drug-likeness (QED) is 0.451. The summed E-state index contributed by atoms with van der Waals surface area (Å²) in [6.07, 6.45) is 3.84. The lowest BCUT2D eigenvalue weighted by Crippen LogP contribution is -2.00. The van der Waals surface area contributed by atoms with Crippen LogP contribution in [0.15, 0.2) is 64.4 Å². The molecule has 0 aliphatic rings. The second kappa shape index (κ2) is 6.92. The molecule has 0 saturated carbocycles. The number of hydrogen-bond donors (Lipinski definition) is 2. The third-order valence-corrected chi connectivity index (χ3v) is 5.44. The molecule has 4 rings (SSSR count). The van der Waals surface area contributed by atoms with Crippen molar-refractivity contribution in [3.05, 3.63) is 59.6 Å². The second-order valence-corrected chi connectivity index (χ2v) is 7.95. The van der Waals surface area contributed by atoms with Crippen molar-refractivity contribution in [3.63, 3.8) is 0 Å². The summed E-state index contributed by atoms with van der Waals surface area (Å²) in [6.45, 7) is 0. The number of aromatic nitrogens is 2. The Bertz CT molecular complexity index is 990. The van der Waals surface area contributed by atoms with E-state index in [0.29, 0.717) is 0 Å². The molecule has 2 N–H and O–H groups in total. The largest absolute Gasteiger partial charge is 0.353 e. The highest BCUT2D eigenvalue weighted by Crippen LogP contribution is 2.37. The predicted molar refractivity (Wildman–Crippen MR) is 109 cm³/mol. The van der Waals surface area contributed by atoms with Gasteiger partial charge in [0, 0.05) is 17.3 Å². The van der Waals surface area contributed by atoms with Gasteiger partial charge in [0.2, 0.25) is 0 Å². The van der Waals surface area contributed by atoms with Crippen molar-refractivity contribution in [2.45, 2.75) is 4.90 Å². The minimum absolute atomic E-state index is 0.893. The molecule has 0 aliphatic carbocycles. The highest BCUT2D eigenvalue weighted by Gasteiger charge is 2.13. The van der Waals surface area contributed by atoms with E-state index < -0.39 is 0 Å². The van der Waals surface area contributed by atoms with Crippen LogP contribution in [0.2, 0.25) is 0 Å². The molecule has 1 aromatic carbocycles. The smallest absolute Gasteiger partial charge is 0.140 e. The first-order chi connectivity index (χ1) is 12.2. The Kier molecular flexibility index (Phi) is 4.48. The van der Waals surface area contributed by atoms with E-state index in [1.165, 1.54) is 16.0 Å². The zero-order valence-electron chi connectivity index (χ0n) is 14.0. The van der Waals surface area contributed by atoms with Gasteiger partial charge in [0.25, 0.3) is 0 Å². The third kappa shape index (κ3) is 3.28. The summed E-state index contributed by atoms with van der Waals surface area (Å²) >= 11 is 3.41. The van der Waals surface area contributed by atoms with Gasteiger partial charge in [0.1, 0.15) is 5.65 Å². The maximum atomic E-state index is 4.48. The molecular formula is C19H18N4S2. The predicted octanol–water partition coefficient (Wildman–Crippen LogP) is 5.60. The number of rotatable bonds is 5. The molecule has 0 aliphatic heterocycles. The van der Waals surface area contributed by atoms with Gasteiger partial charge in [-0.3, -0.25) is 4.31 Å². The molecule has 3 heterocycles. The standard InChI is InChI=1S/C19H18N4S2/c1-23(2)25-17-6-4-3-5-15(17)22-16-11-21-19-18(16)14(7-9-20-19)13-8-10-24-12-13/h3-12,22H,1-2H3,(H,20,21). The number of para-hydroxylation sites is 1. The van der Waals surface area contributed by atoms with Crippen molar-refractivity contribution in [3.8, 4) is 11.1 Å². The fourth-order valence-electron chi connectivity index (χ4n) is 2.80. The normalized spacial score (nSPS) is 11.3. The molecule has 0 atom stereocenters. The first-order valence-electron chi connectivity index (χ1n) is 7.92. The van der Waals surface area contributed by atoms with Crippen molar-refractivity contribution >= 4 is 45.7 Å². The lowest BCUT2D eigenvalue weighted by atomic mass is 10.1. The van der Waals surface area contributed by atoms with E-state index >= 15 is 0 Å². The number of hydrogen-bond acceptors (Lipinski definition) is 5. The topological polar surface area (TPSA) is 44.0 Å². The van der Waals surface area contributed by atoms with Gasteiger partial charge in [-0.25, -0.2) is 4.98 Å². The van der Waals surface area contributed by atoms with E-state index in [-0.39, 0.29) is 0 Å². The zero-order chi connectivity index (χ0) is 17.2. The number of fused-ring (bicyclic) bond motifs is 1. The number of anilines is 2. The fraction of sp³-hybridized carbons (Fsp3) is 0.105. The van der Waals surface area contributed by atoms with Crippen molar-refractivity contribution in [2.75, 3.05) is 19.4 Å². The Hall–Kier alpha value is -2.28. The van der Waals surface area contributed by atoms with E-state index in [2.05, 4.69) is 66.7 Å². The van der Waals surface area contributed by atoms with Crippen molar-refractivity contribution in [1.82, 2.24) is 14.3 Å². The number of benzene rings is 1. The summed E-state index contributed by atoms with van der Waals surface area (Å²) in [5.41, 5.74) is 5.42. The summed E-state index contributed by atoms with van der Waals surface area (Å²) < 4.78 is 2.09. The van der Waals surface area contributed by atoms with Crippen molar-refractivity contribution in [1.29, 1.82) is 0 Å². The van der Waals surface area contributed by atoms with Gasteiger partial charge in [-0.05, 0) is 72.2 Å². The first kappa shape index (κ1) is 16.2. The lowest BCUT2D eigenvalue weighted by Gasteiger charge is -2.14. The fourth-order valence-corrected chi connectivity index (χ4v) is 4.21. The minimum Gasteiger partial charge on any atom is -0.353 e. The average Bonchev–Trinajstić information content (AvgIpc) is 3.26. The van der Waals surface area contributed by atoms with E-state index in [1.54, 1.807) is 23.3 Å². The van der Waals surface area contributed by atoms with Crippen LogP contribution in [0, 0.1) is 0 Å². The minimum atomic E-state index is 0.893. The molecule has 0 spiro atoms. The average molecular weight is 367 g/mol. The van der Waals surface area contributed by atoms with Crippen LogP contribution in [0.5, 0.6) is 0 Å². The summed E-state index contributed by atoms with van der Waals surface area (Å²) in [5, 5.41) is 8.97. The number of thiophene rings is 1. The number of pyridine rings is 1. The highest BCUT2D eigenvalue weighted by atomic mass is 32.2. The zero-order valence-corrected chi connectivity index (χ0v) is 15.6. The van der Waals surface area contributed by atoms with E-state index in [4.69, 9.17) is 0 Å². The first-order valence-corrected chi connectivity index (χ1v) is 9.64. The number of nitrogens with one attached hydrogen (secondary N) is 2. The van der Waals surface area contributed by atoms with Crippen LogP contribution < -0.4 is 5.32 Å². The van der Waals surface area contributed by atoms with Crippen LogP contribution >= 0.6 is 23.3 Å². The number of nitrogens with zero attached hydrogens (tertiary/aromatic N) is 2. The summed E-state index contributed by atoms with van der Waals surface area (Å²) in [6, 6.07) is 12.6. The van der Waals surface area contributed by atoms with Crippen LogP contribution in [-0.2, 0) is 0 Å². The Morgan fingerprint density at radius 3 is 2.80 bits per heavy atom. The van der Waals surface area contributed by atoms with Crippen LogP contribution in [0.3, 0.4) is 0 Å². The van der Waals surface area contributed by atoms with Gasteiger partial charge < -0.3 is 10.3 Å². The van der Waals surface area contributed by atoms with E-state index in [0.717, 1.165) is 22.4 Å². The van der Waals surface area contributed by atoms with Crippen molar-refractivity contribution in [2.24, 2.45) is 0 Å². The molecule has 25 heavy (non-hydrogen) atoms. The molecule has 0 fully saturated rings. The van der Waals surface area contributed by atoms with Crippen LogP contribution in [0.4, 0.5) is 11.4 Å². The number of H-pyrrole nitrogens is 1. The van der Waals surface area contributed by atoms with Crippen LogP contribution in [-0.4, -0.2) is 28.4 Å². The monoisotopic (exact) mass is 366 g/mol. The van der Waals surface area contributed by atoms with Gasteiger partial charge >= 0.3 is 0 Å². The van der Waals surface area contributed by atoms with Gasteiger partial charge in [0.05, 0.1) is 16.8 Å². The third-order valence-electron chi connectivity index (χ3n) is 3.84. The Morgan fingerprint density at radius 1 is 1.12 bits per heavy atom. The SMILES string of the molecule is CN(C)Sc1ccccc1Nc1c[nH]c2nccc(-c3ccsc3)c12. The summed E-state index contributed by atoms with van der Waals surface area (Å²) in [4.78, 5) is 8.95. The maximum Gasteiger partial charge on any atom is 0.140 e. The van der Waals surface area contributed by atoms with Crippen LogP contribution in [0.1, 0.15) is 0 Å². The number of aromatic amines is 1. The molecule has 0 unspecified atom stereocenters. The molecular weight excluding hydrogens is 348 g/mol. The molecule has 0 saturated heterocycles. The van der Waals surface area contributed by atoms with E-state index in [9.17, 15) is 0 Å². The highest BCUT2D eigenvalue weighted by molar-refractivity contribution is 7.97. The summed E-state index contributed by atoms with van der Waals surface area (Å²) in [5.74, 6) is 0. The Labute approximate surface area is 155 Å². The summed E-state index contributed by atoms with van der Waals surface area (Å²) in [7, 11) is 4.09.